The zero-order valence-corrected chi connectivity index (χ0v) is 17.6. The second-order valence-corrected chi connectivity index (χ2v) is 7.76. The van der Waals surface area contributed by atoms with Gasteiger partial charge in [-0.25, -0.2) is 0 Å². The Morgan fingerprint density at radius 1 is 0.760 bits per heavy atom. The van der Waals surface area contributed by atoms with Gasteiger partial charge in [-0.3, -0.25) is 0 Å². The minimum Gasteiger partial charge on any atom is -0.397 e. The molecular formula is C14H7Cl2F6I2N. The van der Waals surface area contributed by atoms with Gasteiger partial charge >= 0.3 is 12.4 Å². The highest BCUT2D eigenvalue weighted by Crippen LogP contribution is 2.35. The third kappa shape index (κ3) is 7.18. The maximum Gasteiger partial charge on any atom is 0.416 e. The molecule has 0 amide bonds. The van der Waals surface area contributed by atoms with E-state index in [2.05, 4.69) is 0 Å². The van der Waals surface area contributed by atoms with Crippen molar-refractivity contribution in [1.29, 1.82) is 0 Å². The molecule has 0 aliphatic rings. The lowest BCUT2D eigenvalue weighted by Crippen LogP contribution is -2.06. The summed E-state index contributed by atoms with van der Waals surface area (Å²) in [6, 6.07) is 5.20. The first kappa shape index (κ1) is 22.9. The van der Waals surface area contributed by atoms with E-state index in [4.69, 9.17) is 28.9 Å². The molecule has 2 N–H and O–H groups in total. The number of alkyl halides is 6. The molecule has 0 aliphatic carbocycles. The van der Waals surface area contributed by atoms with Gasteiger partial charge in [-0.05, 0) is 75.5 Å². The number of hydrogen-bond donors (Lipinski definition) is 1. The van der Waals surface area contributed by atoms with Crippen molar-refractivity contribution < 1.29 is 26.3 Å². The number of hydrogen-bond acceptors (Lipinski definition) is 1. The minimum atomic E-state index is -4.38. The van der Waals surface area contributed by atoms with Crippen LogP contribution >= 0.6 is 68.4 Å². The third-order valence-electron chi connectivity index (χ3n) is 2.60. The molecule has 0 heterocycles. The van der Waals surface area contributed by atoms with Crippen LogP contribution in [-0.4, -0.2) is 0 Å². The summed E-state index contributed by atoms with van der Waals surface area (Å²) < 4.78 is 73.6. The van der Waals surface area contributed by atoms with Gasteiger partial charge in [0.05, 0.1) is 21.8 Å². The minimum absolute atomic E-state index is 0.0702. The van der Waals surface area contributed by atoms with E-state index >= 15 is 0 Å². The van der Waals surface area contributed by atoms with E-state index < -0.39 is 23.5 Å². The molecule has 25 heavy (non-hydrogen) atoms. The van der Waals surface area contributed by atoms with Gasteiger partial charge in [0.15, 0.2) is 0 Å². The Balaban J connectivity index is 0.000000251. The first-order chi connectivity index (χ1) is 11.2. The predicted octanol–water partition coefficient (Wildman–Crippen LogP) is 7.51. The summed E-state index contributed by atoms with van der Waals surface area (Å²) in [5, 5.41) is 0.0356. The van der Waals surface area contributed by atoms with Crippen LogP contribution in [0.3, 0.4) is 0 Å². The highest BCUT2D eigenvalue weighted by atomic mass is 127. The third-order valence-corrected chi connectivity index (χ3v) is 4.64. The second-order valence-electron chi connectivity index (χ2n) is 4.51. The van der Waals surface area contributed by atoms with Crippen LogP contribution in [0.5, 0.6) is 0 Å². The summed E-state index contributed by atoms with van der Waals surface area (Å²) in [4.78, 5) is 0. The molecule has 0 aromatic heterocycles. The Labute approximate surface area is 176 Å². The van der Waals surface area contributed by atoms with Gasteiger partial charge in [0.2, 0.25) is 0 Å². The first-order valence-electron chi connectivity index (χ1n) is 6.07. The van der Waals surface area contributed by atoms with Crippen molar-refractivity contribution in [2.75, 3.05) is 5.73 Å². The van der Waals surface area contributed by atoms with Crippen molar-refractivity contribution >= 4 is 74.1 Å². The summed E-state index contributed by atoms with van der Waals surface area (Å²) in [6.07, 6.45) is -8.69. The van der Waals surface area contributed by atoms with Crippen LogP contribution in [0.4, 0.5) is 32.0 Å². The number of nitrogens with two attached hydrogens (primary N) is 1. The van der Waals surface area contributed by atoms with E-state index in [1.54, 1.807) is 45.2 Å². The second kappa shape index (κ2) is 8.70. The Morgan fingerprint density at radius 2 is 1.24 bits per heavy atom. The highest BCUT2D eigenvalue weighted by molar-refractivity contribution is 14.1. The molecule has 2 aromatic rings. The molecule has 0 spiro atoms. The molecule has 2 rings (SSSR count). The fourth-order valence-corrected chi connectivity index (χ4v) is 3.56. The molecule has 1 nitrogen and oxygen atoms in total. The zero-order valence-electron chi connectivity index (χ0n) is 11.7. The van der Waals surface area contributed by atoms with Gasteiger partial charge in [-0.1, -0.05) is 23.2 Å². The van der Waals surface area contributed by atoms with E-state index in [1.165, 1.54) is 6.07 Å². The molecule has 0 atom stereocenters. The summed E-state index contributed by atoms with van der Waals surface area (Å²) in [5.74, 6) is 0. The van der Waals surface area contributed by atoms with Crippen LogP contribution in [0.2, 0.25) is 10.0 Å². The molecule has 0 saturated carbocycles. The lowest BCUT2D eigenvalue weighted by molar-refractivity contribution is -0.138. The number of rotatable bonds is 0. The maximum absolute atomic E-state index is 12.2. The summed E-state index contributed by atoms with van der Waals surface area (Å²) in [5.41, 5.74) is 4.07. The highest BCUT2D eigenvalue weighted by Gasteiger charge is 2.32. The standard InChI is InChI=1S/C7H4ClF3IN.C7H3ClF3I/c8-4-1-3(7(9,10)11)2-5(12)6(4)13;8-5-1-4(7(9,10)11)2-6(12)3-5/h1-2H,13H2;1-3H. The smallest absolute Gasteiger partial charge is 0.397 e. The molecule has 2 aromatic carbocycles. The van der Waals surface area contributed by atoms with E-state index in [0.717, 1.165) is 24.3 Å². The molecule has 0 unspecified atom stereocenters. The quantitative estimate of drug-likeness (QED) is 0.183. The topological polar surface area (TPSA) is 26.0 Å². The summed E-state index contributed by atoms with van der Waals surface area (Å²) in [7, 11) is 0. The van der Waals surface area contributed by atoms with Crippen molar-refractivity contribution in [3.05, 3.63) is 58.6 Å². The van der Waals surface area contributed by atoms with E-state index in [9.17, 15) is 26.3 Å². The van der Waals surface area contributed by atoms with E-state index in [-0.39, 0.29) is 15.7 Å². The Morgan fingerprint density at radius 3 is 1.64 bits per heavy atom. The van der Waals surface area contributed by atoms with Crippen molar-refractivity contribution in [2.45, 2.75) is 12.4 Å². The van der Waals surface area contributed by atoms with Crippen LogP contribution in [0.15, 0.2) is 30.3 Å². The van der Waals surface area contributed by atoms with Crippen LogP contribution in [0.25, 0.3) is 0 Å². The largest absolute Gasteiger partial charge is 0.416 e. The van der Waals surface area contributed by atoms with Crippen molar-refractivity contribution in [3.8, 4) is 0 Å². The fourth-order valence-electron chi connectivity index (χ4n) is 1.47. The van der Waals surface area contributed by atoms with Gasteiger partial charge in [-0.2, -0.15) is 26.3 Å². The number of benzene rings is 2. The van der Waals surface area contributed by atoms with Gasteiger partial charge in [0, 0.05) is 12.2 Å². The lowest BCUT2D eigenvalue weighted by atomic mass is 10.2. The van der Waals surface area contributed by atoms with Crippen molar-refractivity contribution in [3.63, 3.8) is 0 Å². The molecule has 138 valence electrons. The normalized spacial score (nSPS) is 11.8. The molecule has 0 radical (unpaired) electrons. The number of anilines is 1. The lowest BCUT2D eigenvalue weighted by Gasteiger charge is -2.09. The maximum atomic E-state index is 12.2. The molecule has 0 bridgehead atoms. The van der Waals surface area contributed by atoms with Crippen LogP contribution in [0.1, 0.15) is 11.1 Å². The van der Waals surface area contributed by atoms with Crippen molar-refractivity contribution in [2.24, 2.45) is 0 Å². The number of nitrogen functional groups attached to an aromatic ring is 1. The van der Waals surface area contributed by atoms with Crippen LogP contribution in [0, 0.1) is 7.14 Å². The molecule has 0 aliphatic heterocycles. The molecule has 0 saturated heterocycles. The monoisotopic (exact) mass is 627 g/mol. The Kier molecular flexibility index (Phi) is 7.97. The van der Waals surface area contributed by atoms with Crippen LogP contribution in [-0.2, 0) is 12.4 Å². The summed E-state index contributed by atoms with van der Waals surface area (Å²) >= 11 is 14.4. The van der Waals surface area contributed by atoms with Crippen molar-refractivity contribution in [1.82, 2.24) is 0 Å². The zero-order chi connectivity index (χ0) is 19.6. The summed E-state index contributed by atoms with van der Waals surface area (Å²) in [6.45, 7) is 0. The van der Waals surface area contributed by atoms with Gasteiger partial charge in [0.25, 0.3) is 0 Å². The number of halogens is 10. The SMILES string of the molecule is FC(F)(F)c1cc(Cl)cc(I)c1.Nc1c(Cl)cc(C(F)(F)F)cc1I. The predicted molar refractivity (Wildman–Crippen MR) is 103 cm³/mol. The van der Waals surface area contributed by atoms with Gasteiger partial charge in [0.1, 0.15) is 0 Å². The Hall–Kier alpha value is -0.140. The first-order valence-corrected chi connectivity index (χ1v) is 8.98. The average Bonchev–Trinajstić information content (AvgIpc) is 2.42. The van der Waals surface area contributed by atoms with E-state index in [0.29, 0.717) is 7.14 Å². The Bertz CT molecular complexity index is 719. The van der Waals surface area contributed by atoms with E-state index in [1.807, 2.05) is 0 Å². The van der Waals surface area contributed by atoms with Gasteiger partial charge < -0.3 is 5.73 Å². The molecule has 11 heteroatoms. The van der Waals surface area contributed by atoms with Gasteiger partial charge in [-0.15, -0.1) is 0 Å². The molecular weight excluding hydrogens is 621 g/mol. The molecule has 0 fully saturated rings. The van der Waals surface area contributed by atoms with Crippen LogP contribution < -0.4 is 5.73 Å². The fraction of sp³-hybridized carbons (Fsp3) is 0.143. The average molecular weight is 628 g/mol.